The van der Waals surface area contributed by atoms with Crippen molar-refractivity contribution in [2.75, 3.05) is 4.90 Å². The van der Waals surface area contributed by atoms with Crippen LogP contribution in [-0.2, 0) is 5.41 Å². The van der Waals surface area contributed by atoms with E-state index < -0.39 is 5.41 Å². The first-order valence-electron chi connectivity index (χ1n) is 16.9. The summed E-state index contributed by atoms with van der Waals surface area (Å²) in [7, 11) is 0. The number of thiophene rings is 1. The van der Waals surface area contributed by atoms with Crippen molar-refractivity contribution >= 4 is 59.3 Å². The molecule has 10 rings (SSSR count). The van der Waals surface area contributed by atoms with Gasteiger partial charge in [0.2, 0.25) is 0 Å². The summed E-state index contributed by atoms with van der Waals surface area (Å²) in [5, 5.41) is 5.21. The van der Waals surface area contributed by atoms with E-state index in [0.717, 1.165) is 17.1 Å². The van der Waals surface area contributed by atoms with Crippen molar-refractivity contribution in [2.45, 2.75) is 5.41 Å². The third-order valence-corrected chi connectivity index (χ3v) is 11.6. The van der Waals surface area contributed by atoms with E-state index in [2.05, 4.69) is 193 Å². The number of benzene rings is 8. The minimum Gasteiger partial charge on any atom is -0.310 e. The van der Waals surface area contributed by atoms with Crippen molar-refractivity contribution in [1.29, 1.82) is 0 Å². The van der Waals surface area contributed by atoms with Crippen LogP contribution in [0.2, 0.25) is 0 Å². The van der Waals surface area contributed by atoms with Gasteiger partial charge in [-0.25, -0.2) is 0 Å². The highest BCUT2D eigenvalue weighted by atomic mass is 32.1. The van der Waals surface area contributed by atoms with Crippen LogP contribution < -0.4 is 4.90 Å². The highest BCUT2D eigenvalue weighted by Crippen LogP contribution is 2.56. The molecule has 0 radical (unpaired) electrons. The van der Waals surface area contributed by atoms with Crippen molar-refractivity contribution < 1.29 is 0 Å². The Labute approximate surface area is 290 Å². The van der Waals surface area contributed by atoms with Crippen molar-refractivity contribution in [1.82, 2.24) is 0 Å². The van der Waals surface area contributed by atoms with E-state index in [1.165, 1.54) is 64.3 Å². The molecule has 1 aromatic heterocycles. The Morgan fingerprint density at radius 2 is 0.939 bits per heavy atom. The van der Waals surface area contributed by atoms with Crippen LogP contribution in [0.25, 0.3) is 42.1 Å². The molecule has 8 aromatic carbocycles. The van der Waals surface area contributed by atoms with E-state index in [1.807, 2.05) is 11.3 Å². The number of nitrogens with zero attached hydrogens (tertiary/aromatic N) is 1. The monoisotopic (exact) mass is 641 g/mol. The van der Waals surface area contributed by atoms with Crippen LogP contribution in [0.4, 0.5) is 17.1 Å². The van der Waals surface area contributed by atoms with Crippen molar-refractivity contribution in [2.24, 2.45) is 0 Å². The predicted octanol–water partition coefficient (Wildman–Crippen LogP) is 13.0. The zero-order valence-electron chi connectivity index (χ0n) is 26.8. The lowest BCUT2D eigenvalue weighted by Crippen LogP contribution is -2.28. The molecule has 0 saturated carbocycles. The summed E-state index contributed by atoms with van der Waals surface area (Å²) in [5.41, 5.74) is 10.8. The van der Waals surface area contributed by atoms with Crippen LogP contribution in [0.5, 0.6) is 0 Å². The molecule has 0 amide bonds. The van der Waals surface area contributed by atoms with Crippen LogP contribution >= 0.6 is 11.3 Å². The van der Waals surface area contributed by atoms with Gasteiger partial charge >= 0.3 is 0 Å². The molecule has 1 nitrogen and oxygen atoms in total. The normalized spacial score (nSPS) is 13.1. The highest BCUT2D eigenvalue weighted by Gasteiger charge is 2.45. The van der Waals surface area contributed by atoms with Crippen LogP contribution in [0.15, 0.2) is 188 Å². The van der Waals surface area contributed by atoms with Gasteiger partial charge in [0.1, 0.15) is 0 Å². The minimum atomic E-state index is -0.414. The van der Waals surface area contributed by atoms with E-state index in [9.17, 15) is 0 Å². The molecular weight excluding hydrogens is 611 g/mol. The van der Waals surface area contributed by atoms with E-state index in [4.69, 9.17) is 0 Å². The second-order valence-corrected chi connectivity index (χ2v) is 13.9. The first-order chi connectivity index (χ1) is 24.3. The topological polar surface area (TPSA) is 3.24 Å². The van der Waals surface area contributed by atoms with Crippen LogP contribution in [-0.4, -0.2) is 0 Å². The molecule has 0 aliphatic heterocycles. The molecule has 1 aliphatic carbocycles. The molecule has 0 N–H and O–H groups in total. The number of hydrogen-bond donors (Lipinski definition) is 0. The van der Waals surface area contributed by atoms with Gasteiger partial charge in [0.05, 0.1) is 5.41 Å². The Morgan fingerprint density at radius 3 is 1.67 bits per heavy atom. The fraction of sp³-hybridized carbons (Fsp3) is 0.0213. The molecule has 0 saturated heterocycles. The number of fused-ring (bicyclic) bond motifs is 8. The molecular formula is C47H31NS. The van der Waals surface area contributed by atoms with Crippen molar-refractivity contribution in [3.05, 3.63) is 210 Å². The standard InChI is InChI=1S/C47H31NS/c1-3-13-33(14-4-1)47(43-20-10-7-17-39(43)40-18-8-11-21-44(40)47)34-24-26-36(27-25-34)48(35-15-5-2-6-16-35)37-28-30-38-32(31-37)23-29-42-41-19-9-12-22-45(41)49-46(38)42/h1-31H. The molecule has 0 atom stereocenters. The summed E-state index contributed by atoms with van der Waals surface area (Å²) in [6, 6.07) is 69.1. The fourth-order valence-corrected chi connectivity index (χ4v) is 9.47. The first-order valence-corrected chi connectivity index (χ1v) is 17.7. The summed E-state index contributed by atoms with van der Waals surface area (Å²) in [6.07, 6.45) is 0. The maximum absolute atomic E-state index is 2.38. The third kappa shape index (κ3) is 4.18. The summed E-state index contributed by atoms with van der Waals surface area (Å²) >= 11 is 1.89. The van der Waals surface area contributed by atoms with Gasteiger partial charge in [-0.15, -0.1) is 11.3 Å². The largest absolute Gasteiger partial charge is 0.310 e. The van der Waals surface area contributed by atoms with Gasteiger partial charge < -0.3 is 4.90 Å². The Bertz CT molecular complexity index is 2610. The lowest BCUT2D eigenvalue weighted by atomic mass is 9.68. The smallest absolute Gasteiger partial charge is 0.0713 e. The molecule has 230 valence electrons. The number of para-hydroxylation sites is 1. The Morgan fingerprint density at radius 1 is 0.388 bits per heavy atom. The molecule has 9 aromatic rings. The molecule has 1 heterocycles. The maximum atomic E-state index is 2.38. The van der Waals surface area contributed by atoms with Gasteiger partial charge in [-0.05, 0) is 86.6 Å². The van der Waals surface area contributed by atoms with Gasteiger partial charge in [-0.2, -0.15) is 0 Å². The third-order valence-electron chi connectivity index (χ3n) is 10.3. The molecule has 0 fully saturated rings. The Balaban J connectivity index is 1.14. The quantitative estimate of drug-likeness (QED) is 0.181. The van der Waals surface area contributed by atoms with Gasteiger partial charge in [0, 0.05) is 37.2 Å². The van der Waals surface area contributed by atoms with Crippen molar-refractivity contribution in [3.63, 3.8) is 0 Å². The first kappa shape index (κ1) is 28.1. The highest BCUT2D eigenvalue weighted by molar-refractivity contribution is 7.26. The van der Waals surface area contributed by atoms with Gasteiger partial charge in [-0.1, -0.05) is 146 Å². The van der Waals surface area contributed by atoms with E-state index in [0.29, 0.717) is 0 Å². The zero-order chi connectivity index (χ0) is 32.4. The molecule has 49 heavy (non-hydrogen) atoms. The van der Waals surface area contributed by atoms with Gasteiger partial charge in [0.25, 0.3) is 0 Å². The van der Waals surface area contributed by atoms with E-state index >= 15 is 0 Å². The van der Waals surface area contributed by atoms with Crippen LogP contribution in [0.1, 0.15) is 22.3 Å². The molecule has 0 spiro atoms. The number of rotatable bonds is 5. The zero-order valence-corrected chi connectivity index (χ0v) is 27.6. The van der Waals surface area contributed by atoms with Crippen LogP contribution in [0, 0.1) is 0 Å². The lowest BCUT2D eigenvalue weighted by Gasteiger charge is -2.34. The average Bonchev–Trinajstić information content (AvgIpc) is 3.70. The average molecular weight is 642 g/mol. The molecule has 0 bridgehead atoms. The predicted molar refractivity (Wildman–Crippen MR) is 209 cm³/mol. The van der Waals surface area contributed by atoms with Gasteiger partial charge in [-0.3, -0.25) is 0 Å². The Hall–Kier alpha value is -5.96. The second kappa shape index (κ2) is 11.1. The van der Waals surface area contributed by atoms with Crippen LogP contribution in [0.3, 0.4) is 0 Å². The van der Waals surface area contributed by atoms with Crippen molar-refractivity contribution in [3.8, 4) is 11.1 Å². The summed E-state index contributed by atoms with van der Waals surface area (Å²) in [6.45, 7) is 0. The van der Waals surface area contributed by atoms with Gasteiger partial charge in [0.15, 0.2) is 0 Å². The summed E-state index contributed by atoms with van der Waals surface area (Å²) < 4.78 is 2.69. The summed E-state index contributed by atoms with van der Waals surface area (Å²) in [4.78, 5) is 2.38. The maximum Gasteiger partial charge on any atom is 0.0713 e. The molecule has 1 aliphatic rings. The molecule has 0 unspecified atom stereocenters. The lowest BCUT2D eigenvalue weighted by molar-refractivity contribution is 0.768. The molecule has 2 heteroatoms. The SMILES string of the molecule is c1ccc(N(c2ccc(C3(c4ccccc4)c4ccccc4-c4ccccc43)cc2)c2ccc3c(ccc4c5ccccc5sc34)c2)cc1. The fourth-order valence-electron chi connectivity index (χ4n) is 8.23. The Kier molecular flexibility index (Phi) is 6.34. The van der Waals surface area contributed by atoms with E-state index in [1.54, 1.807) is 0 Å². The second-order valence-electron chi connectivity index (χ2n) is 12.9. The van der Waals surface area contributed by atoms with E-state index in [-0.39, 0.29) is 0 Å². The summed E-state index contributed by atoms with van der Waals surface area (Å²) in [5.74, 6) is 0. The number of hydrogen-bond acceptors (Lipinski definition) is 2. The minimum absolute atomic E-state index is 0.414. The number of anilines is 3.